The molecule has 1 aliphatic rings. The van der Waals surface area contributed by atoms with Gasteiger partial charge < -0.3 is 19.9 Å². The van der Waals surface area contributed by atoms with Gasteiger partial charge in [0.05, 0.1) is 13.7 Å². The third-order valence-corrected chi connectivity index (χ3v) is 5.19. The molecule has 2 aromatic carbocycles. The van der Waals surface area contributed by atoms with Gasteiger partial charge in [-0.1, -0.05) is 30.7 Å². The highest BCUT2D eigenvalue weighted by atomic mass is 35.5. The van der Waals surface area contributed by atoms with Gasteiger partial charge in [0.1, 0.15) is 29.7 Å². The van der Waals surface area contributed by atoms with E-state index in [1.807, 2.05) is 6.92 Å². The van der Waals surface area contributed by atoms with Gasteiger partial charge in [0.15, 0.2) is 0 Å². The van der Waals surface area contributed by atoms with Crippen LogP contribution < -0.4 is 14.8 Å². The second-order valence-electron chi connectivity index (χ2n) is 6.75. The number of amides is 3. The van der Waals surface area contributed by atoms with Crippen LogP contribution in [0.15, 0.2) is 48.5 Å². The summed E-state index contributed by atoms with van der Waals surface area (Å²) in [4.78, 5) is 26.7. The maximum atomic E-state index is 13.1. The molecule has 2 aromatic rings. The molecule has 0 radical (unpaired) electrons. The van der Waals surface area contributed by atoms with Crippen molar-refractivity contribution in [3.63, 3.8) is 0 Å². The minimum Gasteiger partial charge on any atom is -0.497 e. The van der Waals surface area contributed by atoms with E-state index in [0.29, 0.717) is 28.5 Å². The van der Waals surface area contributed by atoms with E-state index in [4.69, 9.17) is 21.1 Å². The molecule has 0 aliphatic carbocycles. The molecule has 29 heavy (non-hydrogen) atoms. The molecule has 3 rings (SSSR count). The van der Waals surface area contributed by atoms with Gasteiger partial charge in [-0.05, 0) is 48.4 Å². The van der Waals surface area contributed by atoms with Crippen LogP contribution in [-0.2, 0) is 10.3 Å². The van der Waals surface area contributed by atoms with Gasteiger partial charge in [0.25, 0.3) is 5.91 Å². The number of carbonyl (C=O) groups is 2. The molecule has 2 atom stereocenters. The Hall–Kier alpha value is -2.77. The predicted molar refractivity (Wildman–Crippen MR) is 108 cm³/mol. The number of methoxy groups -OCH3 is 1. The molecular formula is C21H23ClN2O5. The summed E-state index contributed by atoms with van der Waals surface area (Å²) in [6.07, 6.45) is -0.665. The van der Waals surface area contributed by atoms with Gasteiger partial charge in [-0.3, -0.25) is 9.69 Å². The number of urea groups is 1. The number of carbonyl (C=O) groups excluding carboxylic acids is 2. The highest BCUT2D eigenvalue weighted by Gasteiger charge is 2.51. The highest BCUT2D eigenvalue weighted by Crippen LogP contribution is 2.33. The topological polar surface area (TPSA) is 88.1 Å². The van der Waals surface area contributed by atoms with Crippen molar-refractivity contribution in [2.45, 2.75) is 25.0 Å². The second-order valence-corrected chi connectivity index (χ2v) is 7.19. The number of β-amino-alcohol motifs (C(OH)–C–C–N with tert-alkyl or cyclic N) is 1. The average molecular weight is 419 g/mol. The first-order valence-corrected chi connectivity index (χ1v) is 9.62. The molecule has 1 heterocycles. The van der Waals surface area contributed by atoms with Crippen molar-refractivity contribution in [3.8, 4) is 11.5 Å². The Morgan fingerprint density at radius 3 is 2.31 bits per heavy atom. The first-order chi connectivity index (χ1) is 13.9. The summed E-state index contributed by atoms with van der Waals surface area (Å²) >= 11 is 5.83. The van der Waals surface area contributed by atoms with E-state index in [-0.39, 0.29) is 13.2 Å². The molecule has 0 unspecified atom stereocenters. The molecule has 1 aliphatic heterocycles. The Kier molecular flexibility index (Phi) is 6.30. The number of ether oxygens (including phenoxy) is 2. The van der Waals surface area contributed by atoms with Gasteiger partial charge in [0.2, 0.25) is 0 Å². The zero-order chi connectivity index (χ0) is 21.0. The van der Waals surface area contributed by atoms with E-state index in [1.165, 1.54) is 0 Å². The Bertz CT molecular complexity index is 872. The van der Waals surface area contributed by atoms with Gasteiger partial charge in [-0.2, -0.15) is 0 Å². The quantitative estimate of drug-likeness (QED) is 0.643. The highest BCUT2D eigenvalue weighted by molar-refractivity contribution is 6.30. The summed E-state index contributed by atoms with van der Waals surface area (Å²) in [7, 11) is 1.56. The van der Waals surface area contributed by atoms with Crippen LogP contribution in [-0.4, -0.2) is 48.3 Å². The SMILES string of the molecule is CC[C@@]1(c2ccc(OC)cc2)NC(=O)N(C[C@@H](O)COc2ccc(Cl)cc2)C1=O. The van der Waals surface area contributed by atoms with Crippen LogP contribution in [0.4, 0.5) is 4.79 Å². The molecule has 0 saturated carbocycles. The number of nitrogens with zero attached hydrogens (tertiary/aromatic N) is 1. The number of imide groups is 1. The van der Waals surface area contributed by atoms with Crippen LogP contribution in [0.2, 0.25) is 5.02 Å². The smallest absolute Gasteiger partial charge is 0.325 e. The molecular weight excluding hydrogens is 396 g/mol. The second kappa shape index (κ2) is 8.71. The summed E-state index contributed by atoms with van der Waals surface area (Å²) < 4.78 is 10.7. The standard InChI is InChI=1S/C21H23ClN2O5/c1-3-21(14-4-8-17(28-2)9-5-14)19(26)24(20(27)23-21)12-16(25)13-29-18-10-6-15(22)7-11-18/h4-11,16,25H,3,12-13H2,1-2H3,(H,23,27)/t16-,21+/m1/s1. The lowest BCUT2D eigenvalue weighted by Gasteiger charge is -2.26. The lowest BCUT2D eigenvalue weighted by molar-refractivity contribution is -0.132. The van der Waals surface area contributed by atoms with E-state index in [0.717, 1.165) is 4.90 Å². The van der Waals surface area contributed by atoms with Crippen LogP contribution in [0.3, 0.4) is 0 Å². The summed E-state index contributed by atoms with van der Waals surface area (Å²) in [5.74, 6) is 0.788. The lowest BCUT2D eigenvalue weighted by atomic mass is 9.87. The number of aliphatic hydroxyl groups is 1. The molecule has 0 aromatic heterocycles. The number of halogens is 1. The third kappa shape index (κ3) is 4.31. The maximum Gasteiger partial charge on any atom is 0.325 e. The number of hydrogen-bond donors (Lipinski definition) is 2. The van der Waals surface area contributed by atoms with Crippen molar-refractivity contribution in [3.05, 3.63) is 59.1 Å². The molecule has 154 valence electrons. The molecule has 0 spiro atoms. The third-order valence-electron chi connectivity index (χ3n) is 4.94. The van der Waals surface area contributed by atoms with Crippen LogP contribution in [0.1, 0.15) is 18.9 Å². The number of hydrogen-bond acceptors (Lipinski definition) is 5. The van der Waals surface area contributed by atoms with Crippen molar-refractivity contribution in [2.24, 2.45) is 0 Å². The molecule has 7 nitrogen and oxygen atoms in total. The van der Waals surface area contributed by atoms with E-state index < -0.39 is 23.6 Å². The van der Waals surface area contributed by atoms with Gasteiger partial charge in [-0.25, -0.2) is 4.79 Å². The molecule has 3 amide bonds. The Morgan fingerprint density at radius 2 is 1.72 bits per heavy atom. The molecule has 1 fully saturated rings. The van der Waals surface area contributed by atoms with Gasteiger partial charge in [-0.15, -0.1) is 0 Å². The van der Waals surface area contributed by atoms with Crippen LogP contribution in [0, 0.1) is 0 Å². The zero-order valence-electron chi connectivity index (χ0n) is 16.2. The molecule has 8 heteroatoms. The number of nitrogens with one attached hydrogen (secondary N) is 1. The van der Waals surface area contributed by atoms with Crippen molar-refractivity contribution in [1.29, 1.82) is 0 Å². The van der Waals surface area contributed by atoms with Gasteiger partial charge in [0, 0.05) is 5.02 Å². The minimum atomic E-state index is -1.17. The summed E-state index contributed by atoms with van der Waals surface area (Å²) in [6.45, 7) is 1.59. The normalized spacial score (nSPS) is 19.8. The van der Waals surface area contributed by atoms with Crippen LogP contribution >= 0.6 is 11.6 Å². The summed E-state index contributed by atoms with van der Waals surface area (Å²) in [6, 6.07) is 13.1. The summed E-state index contributed by atoms with van der Waals surface area (Å²) in [5.41, 5.74) is -0.506. The first kappa shape index (κ1) is 21.0. The summed E-state index contributed by atoms with van der Waals surface area (Å²) in [5, 5.41) is 13.7. The van der Waals surface area contributed by atoms with Crippen molar-refractivity contribution in [1.82, 2.24) is 10.2 Å². The Morgan fingerprint density at radius 1 is 1.10 bits per heavy atom. The molecule has 1 saturated heterocycles. The van der Waals surface area contributed by atoms with Gasteiger partial charge >= 0.3 is 6.03 Å². The minimum absolute atomic E-state index is 0.0691. The zero-order valence-corrected chi connectivity index (χ0v) is 17.0. The fourth-order valence-corrected chi connectivity index (χ4v) is 3.42. The fraction of sp³-hybridized carbons (Fsp3) is 0.333. The van der Waals surface area contributed by atoms with E-state index in [2.05, 4.69) is 5.32 Å². The predicted octanol–water partition coefficient (Wildman–Crippen LogP) is 2.95. The maximum absolute atomic E-state index is 13.1. The van der Waals surface area contributed by atoms with Crippen LogP contribution in [0.25, 0.3) is 0 Å². The Labute approximate surface area is 174 Å². The monoisotopic (exact) mass is 418 g/mol. The van der Waals surface area contributed by atoms with Crippen molar-refractivity contribution >= 4 is 23.5 Å². The van der Waals surface area contributed by atoms with E-state index in [1.54, 1.807) is 55.6 Å². The van der Waals surface area contributed by atoms with Crippen molar-refractivity contribution in [2.75, 3.05) is 20.3 Å². The molecule has 0 bridgehead atoms. The van der Waals surface area contributed by atoms with Crippen LogP contribution in [0.5, 0.6) is 11.5 Å². The number of rotatable bonds is 8. The Balaban J connectivity index is 1.68. The average Bonchev–Trinajstić information content (AvgIpc) is 2.98. The number of aliphatic hydroxyl groups excluding tert-OH is 1. The first-order valence-electron chi connectivity index (χ1n) is 9.24. The van der Waals surface area contributed by atoms with E-state index in [9.17, 15) is 14.7 Å². The molecule has 2 N–H and O–H groups in total. The fourth-order valence-electron chi connectivity index (χ4n) is 3.29. The largest absolute Gasteiger partial charge is 0.497 e. The number of benzene rings is 2. The lowest BCUT2D eigenvalue weighted by Crippen LogP contribution is -2.44. The van der Waals surface area contributed by atoms with Crippen molar-refractivity contribution < 1.29 is 24.2 Å². The van der Waals surface area contributed by atoms with E-state index >= 15 is 0 Å².